The van der Waals surface area contributed by atoms with Gasteiger partial charge in [0.15, 0.2) is 11.2 Å². The van der Waals surface area contributed by atoms with E-state index in [2.05, 4.69) is 20.9 Å². The highest BCUT2D eigenvalue weighted by Crippen LogP contribution is 2.25. The van der Waals surface area contributed by atoms with Crippen LogP contribution in [0, 0.1) is 5.82 Å². The minimum Gasteiger partial charge on any atom is -0.492 e. The molecule has 7 nitrogen and oxygen atoms in total. The molecule has 2 aromatic heterocycles. The van der Waals surface area contributed by atoms with Gasteiger partial charge in [-0.15, -0.1) is 0 Å². The van der Waals surface area contributed by atoms with E-state index in [0.29, 0.717) is 27.8 Å². The number of aromatic nitrogens is 4. The van der Waals surface area contributed by atoms with Crippen molar-refractivity contribution in [1.82, 2.24) is 18.7 Å². The molecular weight excluding hydrogens is 395 g/mol. The zero-order chi connectivity index (χ0) is 18.1. The second-order valence-electron chi connectivity index (χ2n) is 5.60. The molecule has 25 heavy (non-hydrogen) atoms. The number of rotatable bonds is 5. The Morgan fingerprint density at radius 1 is 1.28 bits per heavy atom. The fraction of sp³-hybridized carbons (Fsp3) is 0.312. The third kappa shape index (κ3) is 3.23. The maximum atomic E-state index is 13.0. The monoisotopic (exact) mass is 410 g/mol. The molecule has 0 bridgehead atoms. The molecular formula is C16H16BrFN4O3. The second kappa shape index (κ2) is 6.83. The molecule has 0 spiro atoms. The first kappa shape index (κ1) is 17.4. The Morgan fingerprint density at radius 3 is 2.76 bits per heavy atom. The van der Waals surface area contributed by atoms with Gasteiger partial charge >= 0.3 is 5.69 Å². The fourth-order valence-electron chi connectivity index (χ4n) is 2.59. The van der Waals surface area contributed by atoms with Gasteiger partial charge in [0.05, 0.1) is 17.4 Å². The molecule has 132 valence electrons. The van der Waals surface area contributed by atoms with E-state index in [9.17, 15) is 14.0 Å². The number of aryl methyl sites for hydroxylation is 2. The van der Waals surface area contributed by atoms with Gasteiger partial charge in [0.25, 0.3) is 5.56 Å². The lowest BCUT2D eigenvalue weighted by Gasteiger charge is -2.10. The van der Waals surface area contributed by atoms with Gasteiger partial charge in [-0.2, -0.15) is 0 Å². The number of fused-ring (bicyclic) bond motifs is 1. The summed E-state index contributed by atoms with van der Waals surface area (Å²) < 4.78 is 23.3. The van der Waals surface area contributed by atoms with Crippen LogP contribution in [0.1, 0.15) is 6.42 Å². The first-order chi connectivity index (χ1) is 11.9. The molecule has 0 unspecified atom stereocenters. The molecule has 0 amide bonds. The average Bonchev–Trinajstić information content (AvgIpc) is 2.96. The van der Waals surface area contributed by atoms with Gasteiger partial charge in [0.2, 0.25) is 0 Å². The Kier molecular flexibility index (Phi) is 4.76. The molecule has 0 aliphatic rings. The van der Waals surface area contributed by atoms with Crippen molar-refractivity contribution in [2.45, 2.75) is 13.0 Å². The normalized spacial score (nSPS) is 11.2. The van der Waals surface area contributed by atoms with E-state index in [1.165, 1.54) is 33.7 Å². The first-order valence-corrected chi connectivity index (χ1v) is 8.38. The van der Waals surface area contributed by atoms with Crippen molar-refractivity contribution in [2.75, 3.05) is 6.61 Å². The number of hydrogen-bond donors (Lipinski definition) is 0. The van der Waals surface area contributed by atoms with E-state index in [-0.39, 0.29) is 24.5 Å². The van der Waals surface area contributed by atoms with Gasteiger partial charge in [-0.1, -0.05) is 0 Å². The summed E-state index contributed by atoms with van der Waals surface area (Å²) in [5.41, 5.74) is -0.0511. The average molecular weight is 411 g/mol. The summed E-state index contributed by atoms with van der Waals surface area (Å²) in [6.07, 6.45) is 1.95. The Bertz CT molecular complexity index is 1050. The maximum absolute atomic E-state index is 13.0. The molecule has 0 aliphatic heterocycles. The quantitative estimate of drug-likeness (QED) is 0.601. The van der Waals surface area contributed by atoms with Crippen LogP contribution < -0.4 is 16.0 Å². The van der Waals surface area contributed by atoms with Gasteiger partial charge in [0.1, 0.15) is 11.6 Å². The summed E-state index contributed by atoms with van der Waals surface area (Å²) >= 11 is 3.22. The minimum atomic E-state index is -0.417. The first-order valence-electron chi connectivity index (χ1n) is 7.59. The van der Waals surface area contributed by atoms with Crippen LogP contribution >= 0.6 is 15.9 Å². The molecule has 0 aliphatic carbocycles. The zero-order valence-electron chi connectivity index (χ0n) is 13.7. The smallest absolute Gasteiger partial charge is 0.332 e. The van der Waals surface area contributed by atoms with E-state index < -0.39 is 5.69 Å². The largest absolute Gasteiger partial charge is 0.492 e. The number of benzene rings is 1. The summed E-state index contributed by atoms with van der Waals surface area (Å²) in [5.74, 6) is 0.141. The standard InChI is InChI=1S/C16H16BrFN4O3/c1-20-9-19-14-13(20)15(23)22(16(24)21(14)2)6-3-7-25-12-5-4-10(18)8-11(12)17/h4-5,8-9H,3,6-7H2,1-2H3. The molecule has 0 radical (unpaired) electrons. The SMILES string of the molecule is Cn1cnc2c1c(=O)n(CCCOc1ccc(F)cc1Br)c(=O)n2C. The molecule has 3 aromatic rings. The number of hydrogen-bond acceptors (Lipinski definition) is 4. The maximum Gasteiger partial charge on any atom is 0.332 e. The predicted octanol–water partition coefficient (Wildman–Crippen LogP) is 1.80. The van der Waals surface area contributed by atoms with Gasteiger partial charge in [-0.3, -0.25) is 13.9 Å². The lowest BCUT2D eigenvalue weighted by molar-refractivity contribution is 0.297. The molecule has 1 aromatic carbocycles. The molecule has 0 fully saturated rings. The minimum absolute atomic E-state index is 0.214. The van der Waals surface area contributed by atoms with Crippen molar-refractivity contribution >= 4 is 27.1 Å². The van der Waals surface area contributed by atoms with E-state index in [1.54, 1.807) is 18.7 Å². The van der Waals surface area contributed by atoms with Crippen molar-refractivity contribution in [1.29, 1.82) is 0 Å². The van der Waals surface area contributed by atoms with Gasteiger partial charge in [-0.25, -0.2) is 14.2 Å². The van der Waals surface area contributed by atoms with E-state index in [4.69, 9.17) is 4.74 Å². The Morgan fingerprint density at radius 2 is 2.04 bits per heavy atom. The van der Waals surface area contributed by atoms with E-state index in [1.807, 2.05) is 0 Å². The lowest BCUT2D eigenvalue weighted by Crippen LogP contribution is -2.39. The highest BCUT2D eigenvalue weighted by Gasteiger charge is 2.14. The van der Waals surface area contributed by atoms with Crippen LogP contribution in [-0.2, 0) is 20.6 Å². The van der Waals surface area contributed by atoms with Crippen molar-refractivity contribution in [3.63, 3.8) is 0 Å². The Hall–Kier alpha value is -2.42. The van der Waals surface area contributed by atoms with Crippen LogP contribution in [0.3, 0.4) is 0 Å². The van der Waals surface area contributed by atoms with Crippen molar-refractivity contribution < 1.29 is 9.13 Å². The number of nitrogens with zero attached hydrogens (tertiary/aromatic N) is 4. The molecule has 9 heteroatoms. The van der Waals surface area contributed by atoms with Crippen molar-refractivity contribution in [3.05, 3.63) is 55.7 Å². The fourth-order valence-corrected chi connectivity index (χ4v) is 3.06. The van der Waals surface area contributed by atoms with Gasteiger partial charge < -0.3 is 9.30 Å². The van der Waals surface area contributed by atoms with Crippen LogP contribution in [-0.4, -0.2) is 25.3 Å². The molecule has 3 rings (SSSR count). The van der Waals surface area contributed by atoms with Crippen LogP contribution in [0.5, 0.6) is 5.75 Å². The zero-order valence-corrected chi connectivity index (χ0v) is 15.3. The summed E-state index contributed by atoms with van der Waals surface area (Å²) in [6.45, 7) is 0.495. The summed E-state index contributed by atoms with van der Waals surface area (Å²) in [4.78, 5) is 29.0. The topological polar surface area (TPSA) is 71.1 Å². The Balaban J connectivity index is 1.76. The number of ether oxygens (including phenoxy) is 1. The molecule has 0 N–H and O–H groups in total. The Labute approximate surface area is 150 Å². The van der Waals surface area contributed by atoms with Crippen molar-refractivity contribution in [3.8, 4) is 5.75 Å². The van der Waals surface area contributed by atoms with Crippen molar-refractivity contribution in [2.24, 2.45) is 14.1 Å². The van der Waals surface area contributed by atoms with Crippen LogP contribution in [0.4, 0.5) is 4.39 Å². The third-order valence-corrected chi connectivity index (χ3v) is 4.50. The predicted molar refractivity (Wildman–Crippen MR) is 94.4 cm³/mol. The summed E-state index contributed by atoms with van der Waals surface area (Å²) in [7, 11) is 3.29. The molecule has 0 saturated carbocycles. The summed E-state index contributed by atoms with van der Waals surface area (Å²) in [6, 6.07) is 4.13. The third-order valence-electron chi connectivity index (χ3n) is 3.88. The van der Waals surface area contributed by atoms with Gasteiger partial charge in [0, 0.05) is 20.6 Å². The highest BCUT2D eigenvalue weighted by atomic mass is 79.9. The highest BCUT2D eigenvalue weighted by molar-refractivity contribution is 9.10. The van der Waals surface area contributed by atoms with Gasteiger partial charge in [-0.05, 0) is 40.5 Å². The lowest BCUT2D eigenvalue weighted by atomic mass is 10.3. The molecule has 0 atom stereocenters. The number of imidazole rings is 1. The second-order valence-corrected chi connectivity index (χ2v) is 6.46. The van der Waals surface area contributed by atoms with Crippen LogP contribution in [0.2, 0.25) is 0 Å². The summed E-state index contributed by atoms with van der Waals surface area (Å²) in [5, 5.41) is 0. The van der Waals surface area contributed by atoms with Crippen LogP contribution in [0.25, 0.3) is 11.2 Å². The van der Waals surface area contributed by atoms with E-state index in [0.717, 1.165) is 0 Å². The molecule has 0 saturated heterocycles. The van der Waals surface area contributed by atoms with Crippen LogP contribution in [0.15, 0.2) is 38.6 Å². The van der Waals surface area contributed by atoms with E-state index >= 15 is 0 Å². The number of halogens is 2. The molecule has 2 heterocycles.